The van der Waals surface area contributed by atoms with Crippen LogP contribution in [0.15, 0.2) is 34.9 Å². The molecule has 0 amide bonds. The lowest BCUT2D eigenvalue weighted by Crippen LogP contribution is -2.35. The van der Waals surface area contributed by atoms with Crippen molar-refractivity contribution >= 4 is 26.8 Å². The summed E-state index contributed by atoms with van der Waals surface area (Å²) in [6.45, 7) is 1.18. The van der Waals surface area contributed by atoms with Crippen molar-refractivity contribution in [2.75, 3.05) is 20.3 Å². The molecule has 0 spiro atoms. The lowest BCUT2D eigenvalue weighted by molar-refractivity contribution is 0.128. The van der Waals surface area contributed by atoms with Gasteiger partial charge in [0.05, 0.1) is 24.8 Å². The molecule has 0 saturated heterocycles. The highest BCUT2D eigenvalue weighted by Crippen LogP contribution is 2.25. The minimum absolute atomic E-state index is 0.0513. The number of aliphatic hydroxyl groups excluding tert-OH is 1. The van der Waals surface area contributed by atoms with E-state index in [4.69, 9.17) is 4.74 Å². The molecule has 1 atom stereocenters. The van der Waals surface area contributed by atoms with E-state index in [1.165, 1.54) is 0 Å². The fourth-order valence-electron chi connectivity index (χ4n) is 1.97. The summed E-state index contributed by atoms with van der Waals surface area (Å²) in [6, 6.07) is 7.95. The summed E-state index contributed by atoms with van der Waals surface area (Å²) in [6.07, 6.45) is 1.79. The fraction of sp³-hybridized carbons (Fsp3) is 0.357. The number of halogens is 1. The highest BCUT2D eigenvalue weighted by atomic mass is 79.9. The SMILES string of the molecule is COCC(CO)NCc1ccc(Br)c2cccnc12. The maximum atomic E-state index is 9.23. The topological polar surface area (TPSA) is 54.4 Å². The molecule has 1 unspecified atom stereocenters. The number of methoxy groups -OCH3 is 1. The minimum Gasteiger partial charge on any atom is -0.395 e. The zero-order valence-corrected chi connectivity index (χ0v) is 12.4. The number of nitrogens with zero attached hydrogens (tertiary/aromatic N) is 1. The van der Waals surface area contributed by atoms with Crippen molar-refractivity contribution in [3.8, 4) is 0 Å². The van der Waals surface area contributed by atoms with Crippen molar-refractivity contribution in [1.29, 1.82) is 0 Å². The molecule has 1 aromatic heterocycles. The molecule has 0 aliphatic heterocycles. The summed E-state index contributed by atoms with van der Waals surface area (Å²) in [5.74, 6) is 0. The molecule has 1 heterocycles. The molecule has 5 heteroatoms. The molecule has 102 valence electrons. The van der Waals surface area contributed by atoms with E-state index in [1.807, 2.05) is 24.3 Å². The lowest BCUT2D eigenvalue weighted by atomic mass is 10.1. The molecule has 2 aromatic rings. The number of nitrogens with one attached hydrogen (secondary N) is 1. The largest absolute Gasteiger partial charge is 0.395 e. The van der Waals surface area contributed by atoms with E-state index in [2.05, 4.69) is 26.2 Å². The molecule has 0 fully saturated rings. The third-order valence-electron chi connectivity index (χ3n) is 2.97. The van der Waals surface area contributed by atoms with Gasteiger partial charge in [-0.15, -0.1) is 0 Å². The average molecular weight is 325 g/mol. The van der Waals surface area contributed by atoms with Gasteiger partial charge < -0.3 is 15.2 Å². The molecule has 1 aromatic carbocycles. The van der Waals surface area contributed by atoms with Gasteiger partial charge in [0.15, 0.2) is 0 Å². The van der Waals surface area contributed by atoms with Gasteiger partial charge in [-0.3, -0.25) is 4.98 Å². The first-order valence-corrected chi connectivity index (χ1v) is 6.91. The number of rotatable bonds is 6. The third-order valence-corrected chi connectivity index (χ3v) is 3.66. The molecule has 2 N–H and O–H groups in total. The molecular weight excluding hydrogens is 308 g/mol. The van der Waals surface area contributed by atoms with Crippen LogP contribution < -0.4 is 5.32 Å². The lowest BCUT2D eigenvalue weighted by Gasteiger charge is -2.16. The second-order valence-electron chi connectivity index (χ2n) is 4.32. The summed E-state index contributed by atoms with van der Waals surface area (Å²) >= 11 is 3.53. The summed E-state index contributed by atoms with van der Waals surface area (Å²) in [5.41, 5.74) is 2.08. The van der Waals surface area contributed by atoms with E-state index in [0.717, 1.165) is 20.9 Å². The zero-order chi connectivity index (χ0) is 13.7. The van der Waals surface area contributed by atoms with E-state index < -0.39 is 0 Å². The molecule has 0 saturated carbocycles. The van der Waals surface area contributed by atoms with Crippen LogP contribution in [0.5, 0.6) is 0 Å². The summed E-state index contributed by atoms with van der Waals surface area (Å²) < 4.78 is 6.08. The van der Waals surface area contributed by atoms with Gasteiger partial charge >= 0.3 is 0 Å². The smallest absolute Gasteiger partial charge is 0.0758 e. The van der Waals surface area contributed by atoms with Gasteiger partial charge in [0.2, 0.25) is 0 Å². The molecule has 19 heavy (non-hydrogen) atoms. The standard InChI is InChI=1S/C14H17BrN2O2/c1-19-9-11(8-18)17-7-10-4-5-13(15)12-3-2-6-16-14(10)12/h2-6,11,17-18H,7-9H2,1H3. The van der Waals surface area contributed by atoms with Crippen molar-refractivity contribution in [2.24, 2.45) is 0 Å². The first-order valence-electron chi connectivity index (χ1n) is 6.11. The Labute approximate surface area is 120 Å². The normalized spacial score (nSPS) is 12.8. The van der Waals surface area contributed by atoms with Crippen molar-refractivity contribution in [3.63, 3.8) is 0 Å². The van der Waals surface area contributed by atoms with Gasteiger partial charge in [-0.1, -0.05) is 28.1 Å². The Morgan fingerprint density at radius 2 is 2.26 bits per heavy atom. The minimum atomic E-state index is -0.0626. The van der Waals surface area contributed by atoms with Crippen molar-refractivity contribution in [3.05, 3.63) is 40.5 Å². The second-order valence-corrected chi connectivity index (χ2v) is 5.18. The average Bonchev–Trinajstić information content (AvgIpc) is 2.45. The number of aliphatic hydroxyl groups is 1. The number of ether oxygens (including phenoxy) is 1. The van der Waals surface area contributed by atoms with Crippen LogP contribution in [0.3, 0.4) is 0 Å². The molecule has 0 aliphatic carbocycles. The van der Waals surface area contributed by atoms with Gasteiger partial charge in [0, 0.05) is 29.7 Å². The number of hydrogen-bond donors (Lipinski definition) is 2. The Hall–Kier alpha value is -1.01. The maximum absolute atomic E-state index is 9.23. The molecule has 4 nitrogen and oxygen atoms in total. The van der Waals surface area contributed by atoms with E-state index in [0.29, 0.717) is 13.2 Å². The zero-order valence-electron chi connectivity index (χ0n) is 10.8. The predicted octanol–water partition coefficient (Wildman–Crippen LogP) is 2.09. The molecule has 0 radical (unpaired) electrons. The molecule has 2 rings (SSSR count). The quantitative estimate of drug-likeness (QED) is 0.854. The van der Waals surface area contributed by atoms with E-state index in [1.54, 1.807) is 13.3 Å². The molecular formula is C14H17BrN2O2. The second kappa shape index (κ2) is 6.96. The Bertz CT molecular complexity index is 548. The maximum Gasteiger partial charge on any atom is 0.0758 e. The van der Waals surface area contributed by atoms with Crippen molar-refractivity contribution in [1.82, 2.24) is 10.3 Å². The van der Waals surface area contributed by atoms with Crippen LogP contribution in [0.25, 0.3) is 10.9 Å². The number of fused-ring (bicyclic) bond motifs is 1. The van der Waals surface area contributed by atoms with Gasteiger partial charge in [0.1, 0.15) is 0 Å². The van der Waals surface area contributed by atoms with Crippen LogP contribution in [-0.4, -0.2) is 36.5 Å². The van der Waals surface area contributed by atoms with Gasteiger partial charge in [0.25, 0.3) is 0 Å². The molecule has 0 bridgehead atoms. The van der Waals surface area contributed by atoms with Crippen LogP contribution >= 0.6 is 15.9 Å². The van der Waals surface area contributed by atoms with E-state index in [-0.39, 0.29) is 12.6 Å². The Morgan fingerprint density at radius 3 is 3.00 bits per heavy atom. The van der Waals surface area contributed by atoms with Crippen LogP contribution in [0.2, 0.25) is 0 Å². The molecule has 0 aliphatic rings. The van der Waals surface area contributed by atoms with Crippen molar-refractivity contribution < 1.29 is 9.84 Å². The van der Waals surface area contributed by atoms with Crippen LogP contribution in [-0.2, 0) is 11.3 Å². The first-order chi connectivity index (χ1) is 9.26. The van der Waals surface area contributed by atoms with Gasteiger partial charge in [-0.05, 0) is 17.7 Å². The van der Waals surface area contributed by atoms with E-state index >= 15 is 0 Å². The van der Waals surface area contributed by atoms with Gasteiger partial charge in [-0.2, -0.15) is 0 Å². The van der Waals surface area contributed by atoms with E-state index in [9.17, 15) is 5.11 Å². The number of pyridine rings is 1. The number of aromatic nitrogens is 1. The monoisotopic (exact) mass is 324 g/mol. The van der Waals surface area contributed by atoms with Crippen molar-refractivity contribution in [2.45, 2.75) is 12.6 Å². The summed E-state index contributed by atoms with van der Waals surface area (Å²) in [7, 11) is 1.63. The van der Waals surface area contributed by atoms with Crippen LogP contribution in [0.1, 0.15) is 5.56 Å². The summed E-state index contributed by atoms with van der Waals surface area (Å²) in [4.78, 5) is 4.43. The Kier molecular flexibility index (Phi) is 5.27. The van der Waals surface area contributed by atoms with Crippen LogP contribution in [0.4, 0.5) is 0 Å². The Morgan fingerprint density at radius 1 is 1.42 bits per heavy atom. The first kappa shape index (κ1) is 14.4. The number of benzene rings is 1. The Balaban J connectivity index is 2.19. The van der Waals surface area contributed by atoms with Gasteiger partial charge in [-0.25, -0.2) is 0 Å². The summed E-state index contributed by atoms with van der Waals surface area (Å²) in [5, 5.41) is 13.6. The number of hydrogen-bond acceptors (Lipinski definition) is 4. The predicted molar refractivity (Wildman–Crippen MR) is 79.0 cm³/mol. The highest BCUT2D eigenvalue weighted by molar-refractivity contribution is 9.10. The highest BCUT2D eigenvalue weighted by Gasteiger charge is 2.09. The third kappa shape index (κ3) is 3.51. The van der Waals surface area contributed by atoms with Crippen LogP contribution in [0, 0.1) is 0 Å². The fourth-order valence-corrected chi connectivity index (χ4v) is 2.42.